The van der Waals surface area contributed by atoms with Crippen LogP contribution in [-0.2, 0) is 12.8 Å². The fraction of sp³-hybridized carbons (Fsp3) is 0.636. The van der Waals surface area contributed by atoms with Gasteiger partial charge in [-0.15, -0.1) is 0 Å². The van der Waals surface area contributed by atoms with Crippen LogP contribution in [0.25, 0.3) is 0 Å². The molecular weight excluding hydrogens is 254 g/mol. The van der Waals surface area contributed by atoms with E-state index in [1.807, 2.05) is 7.05 Å². The monoisotopic (exact) mass is 271 g/mol. The first kappa shape index (κ1) is 12.4. The van der Waals surface area contributed by atoms with Crippen LogP contribution in [0.1, 0.15) is 38.2 Å². The molecule has 1 aromatic rings. The van der Waals surface area contributed by atoms with E-state index in [1.54, 1.807) is 0 Å². The molecule has 0 aliphatic heterocycles. The number of aryl methyl sites for hydroxylation is 2. The Bertz CT molecular complexity index is 326. The summed E-state index contributed by atoms with van der Waals surface area (Å²) in [5, 5.41) is 3.09. The predicted molar refractivity (Wildman–Crippen MR) is 67.3 cm³/mol. The molecule has 4 heteroatoms. The maximum absolute atomic E-state index is 4.56. The van der Waals surface area contributed by atoms with E-state index in [0.717, 1.165) is 47.5 Å². The minimum atomic E-state index is 0.900. The SMILES string of the molecule is CCCc1nc(CCC)c(Br)c(NC)n1. The molecule has 0 aliphatic rings. The van der Waals surface area contributed by atoms with E-state index in [4.69, 9.17) is 0 Å². The maximum Gasteiger partial charge on any atom is 0.144 e. The second-order valence-electron chi connectivity index (χ2n) is 3.50. The lowest BCUT2D eigenvalue weighted by molar-refractivity contribution is 0.790. The topological polar surface area (TPSA) is 37.8 Å². The van der Waals surface area contributed by atoms with E-state index >= 15 is 0 Å². The summed E-state index contributed by atoms with van der Waals surface area (Å²) >= 11 is 3.54. The minimum absolute atomic E-state index is 0.900. The number of nitrogens with one attached hydrogen (secondary N) is 1. The van der Waals surface area contributed by atoms with Crippen molar-refractivity contribution in [3.63, 3.8) is 0 Å². The molecule has 1 N–H and O–H groups in total. The van der Waals surface area contributed by atoms with E-state index in [1.165, 1.54) is 0 Å². The van der Waals surface area contributed by atoms with Gasteiger partial charge in [-0.05, 0) is 28.8 Å². The highest BCUT2D eigenvalue weighted by molar-refractivity contribution is 9.10. The molecule has 0 saturated carbocycles. The average Bonchev–Trinajstić information content (AvgIpc) is 2.23. The Kier molecular flexibility index (Phi) is 5.02. The third-order valence-electron chi connectivity index (χ3n) is 2.16. The first-order chi connectivity index (χ1) is 7.22. The van der Waals surface area contributed by atoms with Gasteiger partial charge in [-0.2, -0.15) is 0 Å². The van der Waals surface area contributed by atoms with Crippen LogP contribution in [0.2, 0.25) is 0 Å². The second kappa shape index (κ2) is 6.05. The summed E-state index contributed by atoms with van der Waals surface area (Å²) < 4.78 is 1.01. The van der Waals surface area contributed by atoms with Gasteiger partial charge in [-0.3, -0.25) is 0 Å². The number of nitrogens with zero attached hydrogens (tertiary/aromatic N) is 2. The van der Waals surface area contributed by atoms with E-state index in [-0.39, 0.29) is 0 Å². The van der Waals surface area contributed by atoms with Crippen molar-refractivity contribution < 1.29 is 0 Å². The number of halogens is 1. The Labute approximate surface area is 99.8 Å². The number of hydrogen-bond donors (Lipinski definition) is 1. The van der Waals surface area contributed by atoms with Gasteiger partial charge in [0.25, 0.3) is 0 Å². The fourth-order valence-corrected chi connectivity index (χ4v) is 2.02. The van der Waals surface area contributed by atoms with Crippen molar-refractivity contribution >= 4 is 21.7 Å². The number of anilines is 1. The molecule has 15 heavy (non-hydrogen) atoms. The lowest BCUT2D eigenvalue weighted by Gasteiger charge is -2.10. The van der Waals surface area contributed by atoms with Crippen molar-refractivity contribution in [3.8, 4) is 0 Å². The molecule has 1 aromatic heterocycles. The number of hydrogen-bond acceptors (Lipinski definition) is 3. The van der Waals surface area contributed by atoms with Gasteiger partial charge in [0, 0.05) is 13.5 Å². The van der Waals surface area contributed by atoms with Gasteiger partial charge in [-0.1, -0.05) is 20.3 Å². The summed E-state index contributed by atoms with van der Waals surface area (Å²) in [4.78, 5) is 9.02. The van der Waals surface area contributed by atoms with Crippen LogP contribution in [-0.4, -0.2) is 17.0 Å². The van der Waals surface area contributed by atoms with Gasteiger partial charge >= 0.3 is 0 Å². The van der Waals surface area contributed by atoms with Crippen LogP contribution in [0.4, 0.5) is 5.82 Å². The standard InChI is InChI=1S/C11H18BrN3/c1-4-6-8-10(12)11(13-3)15-9(14-8)7-5-2/h4-7H2,1-3H3,(H,13,14,15). The summed E-state index contributed by atoms with van der Waals surface area (Å²) in [5.41, 5.74) is 1.11. The highest BCUT2D eigenvalue weighted by Gasteiger charge is 2.09. The zero-order valence-electron chi connectivity index (χ0n) is 9.60. The first-order valence-corrected chi connectivity index (χ1v) is 6.25. The molecule has 3 nitrogen and oxygen atoms in total. The smallest absolute Gasteiger partial charge is 0.144 e. The molecule has 0 spiro atoms. The van der Waals surface area contributed by atoms with Gasteiger partial charge in [-0.25, -0.2) is 9.97 Å². The predicted octanol–water partition coefficient (Wildman–Crippen LogP) is 3.19. The largest absolute Gasteiger partial charge is 0.372 e. The van der Waals surface area contributed by atoms with Gasteiger partial charge in [0.2, 0.25) is 0 Å². The zero-order valence-corrected chi connectivity index (χ0v) is 11.2. The number of rotatable bonds is 5. The molecule has 0 saturated heterocycles. The fourth-order valence-electron chi connectivity index (χ4n) is 1.45. The molecular formula is C11H18BrN3. The lowest BCUT2D eigenvalue weighted by Crippen LogP contribution is -2.05. The van der Waals surface area contributed by atoms with Crippen molar-refractivity contribution in [1.29, 1.82) is 0 Å². The Morgan fingerprint density at radius 1 is 1.13 bits per heavy atom. The maximum atomic E-state index is 4.56. The van der Waals surface area contributed by atoms with Crippen LogP contribution in [0, 0.1) is 0 Å². The molecule has 0 aliphatic carbocycles. The van der Waals surface area contributed by atoms with Crippen LogP contribution < -0.4 is 5.32 Å². The minimum Gasteiger partial charge on any atom is -0.372 e. The second-order valence-corrected chi connectivity index (χ2v) is 4.29. The average molecular weight is 272 g/mol. The van der Waals surface area contributed by atoms with Crippen LogP contribution in [0.15, 0.2) is 4.47 Å². The normalized spacial score (nSPS) is 10.4. The lowest BCUT2D eigenvalue weighted by atomic mass is 10.2. The Morgan fingerprint density at radius 2 is 1.80 bits per heavy atom. The highest BCUT2D eigenvalue weighted by Crippen LogP contribution is 2.24. The molecule has 0 aromatic carbocycles. The Morgan fingerprint density at radius 3 is 2.33 bits per heavy atom. The van der Waals surface area contributed by atoms with Gasteiger partial charge in [0.15, 0.2) is 0 Å². The summed E-state index contributed by atoms with van der Waals surface area (Å²) in [6, 6.07) is 0. The van der Waals surface area contributed by atoms with Gasteiger partial charge < -0.3 is 5.32 Å². The van der Waals surface area contributed by atoms with Crippen molar-refractivity contribution in [2.75, 3.05) is 12.4 Å². The Hall–Kier alpha value is -0.640. The molecule has 0 amide bonds. The third kappa shape index (κ3) is 3.16. The molecule has 0 bridgehead atoms. The first-order valence-electron chi connectivity index (χ1n) is 5.45. The summed E-state index contributed by atoms with van der Waals surface area (Å²) in [5.74, 6) is 1.84. The summed E-state index contributed by atoms with van der Waals surface area (Å²) in [6.07, 6.45) is 4.12. The molecule has 0 radical (unpaired) electrons. The Balaban J connectivity index is 3.07. The van der Waals surface area contributed by atoms with Crippen LogP contribution in [0.5, 0.6) is 0 Å². The van der Waals surface area contributed by atoms with E-state index in [0.29, 0.717) is 0 Å². The van der Waals surface area contributed by atoms with E-state index in [9.17, 15) is 0 Å². The van der Waals surface area contributed by atoms with Crippen molar-refractivity contribution in [2.24, 2.45) is 0 Å². The summed E-state index contributed by atoms with van der Waals surface area (Å²) in [7, 11) is 1.89. The van der Waals surface area contributed by atoms with Crippen molar-refractivity contribution in [1.82, 2.24) is 9.97 Å². The third-order valence-corrected chi connectivity index (χ3v) is 3.00. The quantitative estimate of drug-likeness (QED) is 0.894. The zero-order chi connectivity index (χ0) is 11.3. The number of aromatic nitrogens is 2. The van der Waals surface area contributed by atoms with E-state index in [2.05, 4.69) is 45.1 Å². The summed E-state index contributed by atoms with van der Waals surface area (Å²) in [6.45, 7) is 4.30. The van der Waals surface area contributed by atoms with Gasteiger partial charge in [0.1, 0.15) is 11.6 Å². The van der Waals surface area contributed by atoms with Crippen LogP contribution >= 0.6 is 15.9 Å². The van der Waals surface area contributed by atoms with Crippen LogP contribution in [0.3, 0.4) is 0 Å². The molecule has 0 unspecified atom stereocenters. The van der Waals surface area contributed by atoms with E-state index < -0.39 is 0 Å². The molecule has 1 rings (SSSR count). The molecule has 84 valence electrons. The highest BCUT2D eigenvalue weighted by atomic mass is 79.9. The molecule has 0 atom stereocenters. The van der Waals surface area contributed by atoms with Gasteiger partial charge in [0.05, 0.1) is 10.2 Å². The van der Waals surface area contributed by atoms with Crippen molar-refractivity contribution in [3.05, 3.63) is 16.0 Å². The molecule has 1 heterocycles. The molecule has 0 fully saturated rings. The van der Waals surface area contributed by atoms with Crippen molar-refractivity contribution in [2.45, 2.75) is 39.5 Å².